The molecule has 1 aliphatic heterocycles. The van der Waals surface area contributed by atoms with Gasteiger partial charge in [0.2, 0.25) is 5.91 Å². The maximum Gasteiger partial charge on any atom is 0.220 e. The number of carbonyl (C=O) groups is 1. The van der Waals surface area contributed by atoms with Crippen molar-refractivity contribution in [3.63, 3.8) is 0 Å². The van der Waals surface area contributed by atoms with Crippen LogP contribution in [0.25, 0.3) is 0 Å². The van der Waals surface area contributed by atoms with Crippen LogP contribution in [0.15, 0.2) is 12.1 Å². The van der Waals surface area contributed by atoms with Crippen molar-refractivity contribution in [1.82, 2.24) is 10.2 Å². The Labute approximate surface area is 151 Å². The summed E-state index contributed by atoms with van der Waals surface area (Å²) in [5.74, 6) is 1.98. The molecule has 0 bridgehead atoms. The highest BCUT2D eigenvalue weighted by Crippen LogP contribution is 2.39. The first kappa shape index (κ1) is 19.6. The summed E-state index contributed by atoms with van der Waals surface area (Å²) in [5, 5.41) is 3.20. The van der Waals surface area contributed by atoms with Crippen LogP contribution in [0.3, 0.4) is 0 Å². The number of hydrogen-bond donors (Lipinski definition) is 1. The topological polar surface area (TPSA) is 50.8 Å². The van der Waals surface area contributed by atoms with Gasteiger partial charge in [0.25, 0.3) is 0 Å². The van der Waals surface area contributed by atoms with Crippen LogP contribution in [0.5, 0.6) is 11.5 Å². The Kier molecular flexibility index (Phi) is 6.71. The van der Waals surface area contributed by atoms with E-state index in [2.05, 4.69) is 50.0 Å². The Hall–Kier alpha value is -1.75. The number of carbonyl (C=O) groups excluding carboxylic acids is 1. The molecule has 1 aliphatic rings. The molecule has 0 radical (unpaired) electrons. The lowest BCUT2D eigenvalue weighted by Crippen LogP contribution is -2.47. The quantitative estimate of drug-likeness (QED) is 0.822. The van der Waals surface area contributed by atoms with Crippen molar-refractivity contribution in [3.8, 4) is 11.5 Å². The van der Waals surface area contributed by atoms with Crippen LogP contribution >= 0.6 is 0 Å². The van der Waals surface area contributed by atoms with E-state index in [4.69, 9.17) is 9.47 Å². The zero-order chi connectivity index (χ0) is 18.6. The zero-order valence-corrected chi connectivity index (χ0v) is 16.4. The zero-order valence-electron chi connectivity index (χ0n) is 16.4. The number of nitrogens with zero attached hydrogens (tertiary/aromatic N) is 1. The maximum absolute atomic E-state index is 12.3. The third-order valence-corrected chi connectivity index (χ3v) is 4.89. The van der Waals surface area contributed by atoms with Crippen molar-refractivity contribution in [2.75, 3.05) is 27.3 Å². The van der Waals surface area contributed by atoms with Gasteiger partial charge in [-0.1, -0.05) is 20.8 Å². The summed E-state index contributed by atoms with van der Waals surface area (Å²) >= 11 is 0. The first-order valence-corrected chi connectivity index (χ1v) is 9.19. The van der Waals surface area contributed by atoms with Crippen LogP contribution in [0.1, 0.15) is 51.3 Å². The van der Waals surface area contributed by atoms with Crippen LogP contribution in [0, 0.1) is 5.92 Å². The van der Waals surface area contributed by atoms with Gasteiger partial charge in [-0.3, -0.25) is 9.69 Å². The van der Waals surface area contributed by atoms with Crippen molar-refractivity contribution >= 4 is 5.91 Å². The molecule has 1 heterocycles. The van der Waals surface area contributed by atoms with Crippen LogP contribution in [0.4, 0.5) is 0 Å². The average molecular weight is 348 g/mol. The first-order valence-electron chi connectivity index (χ1n) is 9.19. The van der Waals surface area contributed by atoms with Crippen LogP contribution in [-0.4, -0.2) is 44.2 Å². The number of methoxy groups -OCH3 is 2. The number of nitrogens with one attached hydrogen (secondary N) is 1. The third-order valence-electron chi connectivity index (χ3n) is 4.89. The second-order valence-electron chi connectivity index (χ2n) is 7.18. The van der Waals surface area contributed by atoms with E-state index < -0.39 is 0 Å². The Morgan fingerprint density at radius 3 is 2.44 bits per heavy atom. The minimum atomic E-state index is 0.0309. The number of fused-ring (bicyclic) bond motifs is 1. The van der Waals surface area contributed by atoms with Gasteiger partial charge in [-0.05, 0) is 49.1 Å². The molecule has 1 N–H and O–H groups in total. The summed E-state index contributed by atoms with van der Waals surface area (Å²) in [6.45, 7) is 10.3. The lowest BCUT2D eigenvalue weighted by molar-refractivity contribution is -0.122. The first-order chi connectivity index (χ1) is 11.9. The number of ether oxygens (including phenoxy) is 2. The molecule has 140 valence electrons. The van der Waals surface area contributed by atoms with E-state index in [0.717, 1.165) is 31.0 Å². The molecule has 1 aromatic rings. The molecular formula is C20H32N2O3. The number of likely N-dealkylation sites (N-methyl/N-ethyl adjacent to an activating group) is 1. The summed E-state index contributed by atoms with van der Waals surface area (Å²) in [4.78, 5) is 14.7. The molecule has 1 amide bonds. The SMILES string of the molecule is CCN1CCc2cc(OC)c(OC)cc2[C@H]1[C@@H](C)NC(=O)CC(C)C. The van der Waals surface area contributed by atoms with E-state index in [-0.39, 0.29) is 18.0 Å². The molecule has 0 unspecified atom stereocenters. The molecular weight excluding hydrogens is 316 g/mol. The predicted octanol–water partition coefficient (Wildman–Crippen LogP) is 3.17. The van der Waals surface area contributed by atoms with Gasteiger partial charge < -0.3 is 14.8 Å². The fraction of sp³-hybridized carbons (Fsp3) is 0.650. The van der Waals surface area contributed by atoms with Crippen molar-refractivity contribution in [2.45, 2.75) is 52.6 Å². The molecule has 5 heteroatoms. The standard InChI is InChI=1S/C20H32N2O3/c1-7-22-9-8-15-11-17(24-5)18(25-6)12-16(15)20(22)14(4)21-19(23)10-13(2)3/h11-14,20H,7-10H2,1-6H3,(H,21,23)/t14-,20-/m1/s1. The summed E-state index contributed by atoms with van der Waals surface area (Å²) < 4.78 is 11.0. The highest BCUT2D eigenvalue weighted by molar-refractivity contribution is 5.76. The third kappa shape index (κ3) is 4.46. The molecule has 0 saturated carbocycles. The van der Waals surface area contributed by atoms with E-state index in [1.54, 1.807) is 14.2 Å². The Bertz CT molecular complexity index is 601. The lowest BCUT2D eigenvalue weighted by atomic mass is 9.88. The maximum atomic E-state index is 12.3. The second kappa shape index (κ2) is 8.56. The normalized spacial score (nSPS) is 18.6. The minimum absolute atomic E-state index is 0.0309. The average Bonchev–Trinajstić information content (AvgIpc) is 2.58. The molecule has 1 aromatic carbocycles. The number of benzene rings is 1. The smallest absolute Gasteiger partial charge is 0.220 e. The second-order valence-corrected chi connectivity index (χ2v) is 7.18. The van der Waals surface area contributed by atoms with Gasteiger partial charge in [0, 0.05) is 19.0 Å². The van der Waals surface area contributed by atoms with Gasteiger partial charge >= 0.3 is 0 Å². The minimum Gasteiger partial charge on any atom is -0.493 e. The summed E-state index contributed by atoms with van der Waals surface area (Å²) in [7, 11) is 3.32. The van der Waals surface area contributed by atoms with Crippen molar-refractivity contribution in [3.05, 3.63) is 23.3 Å². The summed E-state index contributed by atoms with van der Waals surface area (Å²) in [5.41, 5.74) is 2.50. The fourth-order valence-corrected chi connectivity index (χ4v) is 3.73. The molecule has 0 aliphatic carbocycles. The van der Waals surface area contributed by atoms with Gasteiger partial charge in [0.1, 0.15) is 0 Å². The highest BCUT2D eigenvalue weighted by Gasteiger charge is 2.32. The van der Waals surface area contributed by atoms with Gasteiger partial charge in [0.05, 0.1) is 20.3 Å². The van der Waals surface area contributed by atoms with E-state index in [9.17, 15) is 4.79 Å². The molecule has 0 saturated heterocycles. The Morgan fingerprint density at radius 2 is 1.88 bits per heavy atom. The van der Waals surface area contributed by atoms with Crippen LogP contribution in [0.2, 0.25) is 0 Å². The number of amides is 1. The molecule has 2 rings (SSSR count). The van der Waals surface area contributed by atoms with Crippen LogP contribution in [-0.2, 0) is 11.2 Å². The Morgan fingerprint density at radius 1 is 1.24 bits per heavy atom. The highest BCUT2D eigenvalue weighted by atomic mass is 16.5. The van der Waals surface area contributed by atoms with Gasteiger partial charge in [0.15, 0.2) is 11.5 Å². The number of rotatable bonds is 7. The number of hydrogen-bond acceptors (Lipinski definition) is 4. The van der Waals surface area contributed by atoms with E-state index in [1.165, 1.54) is 11.1 Å². The molecule has 0 spiro atoms. The van der Waals surface area contributed by atoms with Crippen LogP contribution < -0.4 is 14.8 Å². The van der Waals surface area contributed by atoms with Gasteiger partial charge in [-0.2, -0.15) is 0 Å². The fourth-order valence-electron chi connectivity index (χ4n) is 3.73. The van der Waals surface area contributed by atoms with Gasteiger partial charge in [-0.15, -0.1) is 0 Å². The predicted molar refractivity (Wildman–Crippen MR) is 100 cm³/mol. The van der Waals surface area contributed by atoms with E-state index in [0.29, 0.717) is 12.3 Å². The lowest BCUT2D eigenvalue weighted by Gasteiger charge is -2.40. The largest absolute Gasteiger partial charge is 0.493 e. The van der Waals surface area contributed by atoms with E-state index in [1.807, 2.05) is 0 Å². The van der Waals surface area contributed by atoms with Crippen molar-refractivity contribution in [2.24, 2.45) is 5.92 Å². The molecule has 0 fully saturated rings. The molecule has 0 aromatic heterocycles. The molecule has 25 heavy (non-hydrogen) atoms. The monoisotopic (exact) mass is 348 g/mol. The van der Waals surface area contributed by atoms with Crippen molar-refractivity contribution in [1.29, 1.82) is 0 Å². The summed E-state index contributed by atoms with van der Waals surface area (Å²) in [6, 6.07) is 4.33. The van der Waals surface area contributed by atoms with Crippen molar-refractivity contribution < 1.29 is 14.3 Å². The van der Waals surface area contributed by atoms with E-state index >= 15 is 0 Å². The Balaban J connectivity index is 2.33. The molecule has 5 nitrogen and oxygen atoms in total. The van der Waals surface area contributed by atoms with Gasteiger partial charge in [-0.25, -0.2) is 0 Å². The molecule has 2 atom stereocenters. The summed E-state index contributed by atoms with van der Waals surface area (Å²) in [6.07, 6.45) is 1.54.